The minimum absolute atomic E-state index is 0.0552. The van der Waals surface area contributed by atoms with Crippen molar-refractivity contribution in [2.75, 3.05) is 0 Å². The van der Waals surface area contributed by atoms with Crippen molar-refractivity contribution in [1.29, 1.82) is 0 Å². The summed E-state index contributed by atoms with van der Waals surface area (Å²) >= 11 is 0. The van der Waals surface area contributed by atoms with Crippen LogP contribution in [-0.4, -0.2) is 29.9 Å². The minimum Gasteiger partial charge on any atom is -0.426 e. The molecule has 0 amide bonds. The van der Waals surface area contributed by atoms with Crippen LogP contribution in [0.4, 0.5) is 0 Å². The Labute approximate surface area is 198 Å². The Morgan fingerprint density at radius 1 is 0.909 bits per heavy atom. The smallest absolute Gasteiger partial charge is 0.219 e. The average Bonchev–Trinajstić information content (AvgIpc) is 3.33. The van der Waals surface area contributed by atoms with Crippen LogP contribution < -0.4 is 4.68 Å². The van der Waals surface area contributed by atoms with Crippen molar-refractivity contribution in [3.05, 3.63) is 41.6 Å². The van der Waals surface area contributed by atoms with Crippen LogP contribution in [0, 0.1) is 23.2 Å². The lowest BCUT2D eigenvalue weighted by Gasteiger charge is -2.22. The zero-order valence-electron chi connectivity index (χ0n) is 22.0. The second-order valence-corrected chi connectivity index (χ2v) is 12.3. The highest BCUT2D eigenvalue weighted by atomic mass is 16.4. The van der Waals surface area contributed by atoms with E-state index in [2.05, 4.69) is 93.5 Å². The van der Waals surface area contributed by atoms with Crippen LogP contribution in [-0.2, 0) is 39.4 Å². The molecule has 0 fully saturated rings. The molecule has 8 nitrogen and oxygen atoms in total. The van der Waals surface area contributed by atoms with Crippen LogP contribution in [0.25, 0.3) is 0 Å². The van der Waals surface area contributed by atoms with E-state index in [0.717, 1.165) is 44.5 Å². The zero-order chi connectivity index (χ0) is 24.4. The van der Waals surface area contributed by atoms with E-state index >= 15 is 0 Å². The zero-order valence-corrected chi connectivity index (χ0v) is 22.0. The molecule has 182 valence electrons. The van der Waals surface area contributed by atoms with E-state index in [9.17, 15) is 0 Å². The maximum atomic E-state index is 5.58. The molecule has 0 N–H and O–H groups in total. The van der Waals surface area contributed by atoms with Crippen molar-refractivity contribution in [2.24, 2.45) is 23.3 Å². The second kappa shape index (κ2) is 9.39. The molecule has 0 atom stereocenters. The Bertz CT molecular complexity index is 1050. The van der Waals surface area contributed by atoms with Gasteiger partial charge in [0.25, 0.3) is 0 Å². The summed E-state index contributed by atoms with van der Waals surface area (Å²) in [5.41, 5.74) is 2.61. The standard InChI is InChI=1S/C25H42N7O/c1-19-26-27-22(33-19)16-25(7,8)18-32-29-21(17-30(32)9)15-24(5,6)11-13-31-12-10-20(28-31)14-23(2,3)4/h10,12,17H,11,13-16,18H2,1-9H3/q+1. The third kappa shape index (κ3) is 7.79. The van der Waals surface area contributed by atoms with Gasteiger partial charge in [-0.3, -0.25) is 4.68 Å². The third-order valence-electron chi connectivity index (χ3n) is 5.80. The van der Waals surface area contributed by atoms with Gasteiger partial charge in [-0.1, -0.05) is 48.5 Å². The number of nitrogens with zero attached hydrogens (tertiary/aromatic N) is 7. The molecule has 0 spiro atoms. The van der Waals surface area contributed by atoms with Crippen LogP contribution in [0.3, 0.4) is 0 Å². The summed E-state index contributed by atoms with van der Waals surface area (Å²) in [6.07, 6.45) is 7.94. The Hall–Kier alpha value is -2.51. The van der Waals surface area contributed by atoms with E-state index in [1.54, 1.807) is 0 Å². The highest BCUT2D eigenvalue weighted by Gasteiger charge is 2.29. The second-order valence-electron chi connectivity index (χ2n) is 12.3. The van der Waals surface area contributed by atoms with Crippen LogP contribution in [0.2, 0.25) is 0 Å². The molecule has 0 unspecified atom stereocenters. The minimum atomic E-state index is -0.0552. The molecule has 0 aliphatic rings. The summed E-state index contributed by atoms with van der Waals surface area (Å²) in [7, 11) is 2.05. The predicted molar refractivity (Wildman–Crippen MR) is 127 cm³/mol. The Kier molecular flexibility index (Phi) is 7.15. The Morgan fingerprint density at radius 3 is 2.27 bits per heavy atom. The summed E-state index contributed by atoms with van der Waals surface area (Å²) in [5, 5.41) is 17.8. The molecule has 0 saturated heterocycles. The number of hydrogen-bond donors (Lipinski definition) is 0. The SMILES string of the molecule is Cc1nnc(CC(C)(C)Cn2nc(CC(C)(C)CCn3ccc(CC(C)(C)C)n3)c[n+]2C)o1. The number of hydrogen-bond acceptors (Lipinski definition) is 5. The van der Waals surface area contributed by atoms with Crippen molar-refractivity contribution in [2.45, 2.75) is 94.2 Å². The highest BCUT2D eigenvalue weighted by molar-refractivity contribution is 5.02. The van der Waals surface area contributed by atoms with E-state index in [4.69, 9.17) is 14.6 Å². The first kappa shape index (κ1) is 25.1. The van der Waals surface area contributed by atoms with E-state index in [1.807, 2.05) is 11.7 Å². The quantitative estimate of drug-likeness (QED) is 0.429. The molecule has 3 heterocycles. The van der Waals surface area contributed by atoms with Crippen molar-refractivity contribution in [1.82, 2.24) is 29.9 Å². The summed E-state index contributed by atoms with van der Waals surface area (Å²) in [4.78, 5) is 2.04. The van der Waals surface area contributed by atoms with E-state index in [-0.39, 0.29) is 16.2 Å². The first-order chi connectivity index (χ1) is 15.2. The summed E-state index contributed by atoms with van der Waals surface area (Å²) < 4.78 is 9.75. The van der Waals surface area contributed by atoms with Crippen LogP contribution in [0.15, 0.2) is 22.9 Å². The largest absolute Gasteiger partial charge is 0.426 e. The number of aryl methyl sites for hydroxylation is 3. The van der Waals surface area contributed by atoms with Gasteiger partial charge in [-0.2, -0.15) is 9.78 Å². The summed E-state index contributed by atoms with van der Waals surface area (Å²) in [6, 6.07) is 2.15. The first-order valence-electron chi connectivity index (χ1n) is 11.9. The number of rotatable bonds is 10. The lowest BCUT2D eigenvalue weighted by atomic mass is 9.84. The van der Waals surface area contributed by atoms with Gasteiger partial charge in [-0.25, -0.2) is 0 Å². The maximum Gasteiger partial charge on any atom is 0.219 e. The van der Waals surface area contributed by atoms with E-state index < -0.39 is 0 Å². The first-order valence-corrected chi connectivity index (χ1v) is 11.9. The molecule has 8 heteroatoms. The molecule has 0 aliphatic carbocycles. The molecule has 3 aromatic heterocycles. The summed E-state index contributed by atoms with van der Waals surface area (Å²) in [5.74, 6) is 1.29. The Balaban J connectivity index is 1.57. The predicted octanol–water partition coefficient (Wildman–Crippen LogP) is 4.11. The van der Waals surface area contributed by atoms with Crippen molar-refractivity contribution >= 4 is 0 Å². The molecule has 0 aliphatic heterocycles. The van der Waals surface area contributed by atoms with Crippen LogP contribution in [0.1, 0.15) is 78.1 Å². The molecule has 0 bridgehead atoms. The van der Waals surface area contributed by atoms with Crippen LogP contribution >= 0.6 is 0 Å². The fraction of sp³-hybridized carbons (Fsp3) is 0.720. The lowest BCUT2D eigenvalue weighted by molar-refractivity contribution is -0.759. The molecule has 3 rings (SSSR count). The van der Waals surface area contributed by atoms with Gasteiger partial charge in [0.2, 0.25) is 17.5 Å². The normalized spacial score (nSPS) is 13.1. The molecular weight excluding hydrogens is 414 g/mol. The van der Waals surface area contributed by atoms with Gasteiger partial charge in [0.1, 0.15) is 13.6 Å². The topological polar surface area (TPSA) is 78.4 Å². The third-order valence-corrected chi connectivity index (χ3v) is 5.80. The van der Waals surface area contributed by atoms with Gasteiger partial charge in [0.05, 0.1) is 5.69 Å². The molecule has 33 heavy (non-hydrogen) atoms. The van der Waals surface area contributed by atoms with Crippen molar-refractivity contribution in [3.8, 4) is 0 Å². The fourth-order valence-electron chi connectivity index (χ4n) is 4.17. The van der Waals surface area contributed by atoms with Gasteiger partial charge >= 0.3 is 0 Å². The van der Waals surface area contributed by atoms with Gasteiger partial charge in [0.15, 0.2) is 6.20 Å². The van der Waals surface area contributed by atoms with Gasteiger partial charge in [-0.15, -0.1) is 10.2 Å². The maximum absolute atomic E-state index is 5.58. The van der Waals surface area contributed by atoms with Gasteiger partial charge < -0.3 is 4.42 Å². The van der Waals surface area contributed by atoms with Gasteiger partial charge in [0, 0.05) is 37.6 Å². The molecule has 0 saturated carbocycles. The molecule has 0 radical (unpaired) electrons. The van der Waals surface area contributed by atoms with Crippen LogP contribution in [0.5, 0.6) is 0 Å². The Morgan fingerprint density at radius 2 is 1.64 bits per heavy atom. The molecule has 0 aromatic carbocycles. The van der Waals surface area contributed by atoms with E-state index in [1.165, 1.54) is 5.69 Å². The van der Waals surface area contributed by atoms with Crippen molar-refractivity contribution < 1.29 is 9.10 Å². The monoisotopic (exact) mass is 456 g/mol. The van der Waals surface area contributed by atoms with E-state index in [0.29, 0.717) is 11.8 Å². The fourth-order valence-corrected chi connectivity index (χ4v) is 4.17. The average molecular weight is 457 g/mol. The van der Waals surface area contributed by atoms with Gasteiger partial charge in [-0.05, 0) is 39.9 Å². The van der Waals surface area contributed by atoms with Crippen molar-refractivity contribution in [3.63, 3.8) is 0 Å². The molecular formula is C25H42N7O+. The summed E-state index contributed by atoms with van der Waals surface area (Å²) in [6.45, 7) is 19.3. The molecule has 3 aromatic rings. The number of aromatic nitrogens is 7. The lowest BCUT2D eigenvalue weighted by Crippen LogP contribution is -2.42. The highest BCUT2D eigenvalue weighted by Crippen LogP contribution is 2.27.